The molecule has 2 atom stereocenters. The molecule has 102 valence electrons. The lowest BCUT2D eigenvalue weighted by molar-refractivity contribution is 0.203. The molecule has 3 rings (SSSR count). The molecule has 1 aromatic heterocycles. The van der Waals surface area contributed by atoms with Gasteiger partial charge in [0.1, 0.15) is 6.17 Å². The standard InChI is InChI=1S/C15H17BFN3/c1-15(5-6-16(10-18)8-14(15)17)12-4-3-11-9-19-20(2)13(11)7-12/h3-4,7,9,14H,5-6,8H2,1-2H3. The number of aryl methyl sites for hydroxylation is 1. The van der Waals surface area contributed by atoms with E-state index in [1.54, 1.807) is 0 Å². The van der Waals surface area contributed by atoms with E-state index in [9.17, 15) is 4.39 Å². The third-order valence-corrected chi connectivity index (χ3v) is 4.79. The Kier molecular flexibility index (Phi) is 3.04. The number of aromatic nitrogens is 2. The van der Waals surface area contributed by atoms with E-state index < -0.39 is 11.6 Å². The van der Waals surface area contributed by atoms with E-state index in [4.69, 9.17) is 5.26 Å². The van der Waals surface area contributed by atoms with Crippen molar-refractivity contribution in [2.45, 2.75) is 37.6 Å². The Morgan fingerprint density at radius 1 is 1.55 bits per heavy atom. The lowest BCUT2D eigenvalue weighted by Crippen LogP contribution is -2.41. The molecule has 2 aromatic rings. The molecule has 1 aromatic carbocycles. The zero-order valence-electron chi connectivity index (χ0n) is 11.8. The van der Waals surface area contributed by atoms with Crippen LogP contribution in [-0.4, -0.2) is 22.7 Å². The van der Waals surface area contributed by atoms with Crippen molar-refractivity contribution in [3.63, 3.8) is 0 Å². The van der Waals surface area contributed by atoms with E-state index in [0.29, 0.717) is 6.32 Å². The lowest BCUT2D eigenvalue weighted by Gasteiger charge is -2.38. The van der Waals surface area contributed by atoms with Crippen molar-refractivity contribution in [2.75, 3.05) is 0 Å². The van der Waals surface area contributed by atoms with Gasteiger partial charge in [-0.2, -0.15) is 5.10 Å². The largest absolute Gasteiger partial charge is 0.270 e. The van der Waals surface area contributed by atoms with E-state index in [1.165, 1.54) is 0 Å². The van der Waals surface area contributed by atoms with E-state index in [1.807, 2.05) is 43.0 Å². The maximum Gasteiger partial charge on any atom is 0.270 e. The number of hydrogen-bond acceptors (Lipinski definition) is 2. The Hall–Kier alpha value is -1.83. The van der Waals surface area contributed by atoms with Crippen LogP contribution < -0.4 is 0 Å². The summed E-state index contributed by atoms with van der Waals surface area (Å²) in [4.78, 5) is 0. The molecule has 5 heteroatoms. The van der Waals surface area contributed by atoms with E-state index in [2.05, 4.69) is 11.1 Å². The van der Waals surface area contributed by atoms with E-state index in [-0.39, 0.29) is 6.71 Å². The monoisotopic (exact) mass is 269 g/mol. The van der Waals surface area contributed by atoms with Crippen LogP contribution in [-0.2, 0) is 12.5 Å². The number of fused-ring (bicyclic) bond motifs is 1. The number of rotatable bonds is 1. The Labute approximate surface area is 118 Å². The van der Waals surface area contributed by atoms with Crippen molar-refractivity contribution in [3.8, 4) is 5.97 Å². The molecule has 0 radical (unpaired) electrons. The summed E-state index contributed by atoms with van der Waals surface area (Å²) >= 11 is 0. The molecule has 0 N–H and O–H groups in total. The molecule has 0 saturated carbocycles. The molecule has 0 aliphatic carbocycles. The van der Waals surface area contributed by atoms with Crippen molar-refractivity contribution in [1.29, 1.82) is 5.26 Å². The maximum atomic E-state index is 14.6. The van der Waals surface area contributed by atoms with Crippen LogP contribution in [0, 0.1) is 11.2 Å². The summed E-state index contributed by atoms with van der Waals surface area (Å²) in [5, 5.41) is 14.3. The van der Waals surface area contributed by atoms with Gasteiger partial charge in [0.05, 0.1) is 11.7 Å². The van der Waals surface area contributed by atoms with Gasteiger partial charge in [-0.15, -0.1) is 0 Å². The lowest BCUT2D eigenvalue weighted by atomic mass is 9.39. The van der Waals surface area contributed by atoms with Crippen molar-refractivity contribution in [3.05, 3.63) is 30.0 Å². The maximum absolute atomic E-state index is 14.6. The zero-order chi connectivity index (χ0) is 14.3. The number of nitriles is 1. The third-order valence-electron chi connectivity index (χ3n) is 4.79. The molecular formula is C15H17BFN3. The first-order chi connectivity index (χ1) is 9.54. The van der Waals surface area contributed by atoms with Crippen LogP contribution in [0.3, 0.4) is 0 Å². The van der Waals surface area contributed by atoms with E-state index >= 15 is 0 Å². The van der Waals surface area contributed by atoms with Crippen LogP contribution >= 0.6 is 0 Å². The molecule has 0 amide bonds. The highest BCUT2D eigenvalue weighted by Crippen LogP contribution is 2.42. The Morgan fingerprint density at radius 2 is 2.35 bits per heavy atom. The van der Waals surface area contributed by atoms with Gasteiger partial charge in [0.2, 0.25) is 0 Å². The number of hydrogen-bond donors (Lipinski definition) is 0. The van der Waals surface area contributed by atoms with Crippen LogP contribution in [0.25, 0.3) is 10.9 Å². The van der Waals surface area contributed by atoms with Gasteiger partial charge >= 0.3 is 0 Å². The molecule has 2 unspecified atom stereocenters. The minimum atomic E-state index is -0.966. The second-order valence-electron chi connectivity index (χ2n) is 6.03. The summed E-state index contributed by atoms with van der Waals surface area (Å²) in [6.45, 7) is 1.83. The van der Waals surface area contributed by atoms with Crippen LogP contribution in [0.1, 0.15) is 18.9 Å². The number of halogens is 1. The number of alkyl halides is 1. The second kappa shape index (κ2) is 4.62. The molecule has 0 bridgehead atoms. The molecule has 2 heterocycles. The molecule has 3 nitrogen and oxygen atoms in total. The molecule has 1 aliphatic rings. The predicted molar refractivity (Wildman–Crippen MR) is 78.6 cm³/mol. The number of benzene rings is 1. The molecule has 20 heavy (non-hydrogen) atoms. The molecule has 1 fully saturated rings. The fraction of sp³-hybridized carbons (Fsp3) is 0.467. The summed E-state index contributed by atoms with van der Waals surface area (Å²) in [7, 11) is 1.90. The molecule has 0 spiro atoms. The highest BCUT2D eigenvalue weighted by Gasteiger charge is 2.43. The highest BCUT2D eigenvalue weighted by molar-refractivity contribution is 6.67. The zero-order valence-corrected chi connectivity index (χ0v) is 11.8. The topological polar surface area (TPSA) is 41.6 Å². The van der Waals surface area contributed by atoms with Gasteiger partial charge in [-0.3, -0.25) is 4.68 Å². The van der Waals surface area contributed by atoms with Gasteiger partial charge in [-0.1, -0.05) is 25.4 Å². The Bertz CT molecular complexity index is 690. The summed E-state index contributed by atoms with van der Waals surface area (Å²) in [6.07, 6.45) is 2.69. The van der Waals surface area contributed by atoms with Crippen LogP contribution in [0.2, 0.25) is 12.6 Å². The normalized spacial score (nSPS) is 26.7. The van der Waals surface area contributed by atoms with E-state index in [0.717, 1.165) is 29.2 Å². The average Bonchev–Trinajstić information content (AvgIpc) is 2.83. The minimum Gasteiger partial charge on any atom is -0.268 e. The van der Waals surface area contributed by atoms with Crippen LogP contribution in [0.15, 0.2) is 24.4 Å². The van der Waals surface area contributed by atoms with Crippen molar-refractivity contribution in [2.24, 2.45) is 7.05 Å². The molecule has 1 aliphatic heterocycles. The summed E-state index contributed by atoms with van der Waals surface area (Å²) < 4.78 is 16.4. The number of nitrogens with zero attached hydrogens (tertiary/aromatic N) is 3. The third kappa shape index (κ3) is 1.91. The average molecular weight is 269 g/mol. The molecule has 1 saturated heterocycles. The fourth-order valence-corrected chi connectivity index (χ4v) is 3.20. The SMILES string of the molecule is Cn1ncc2ccc(C3(C)CCB(C#N)CC3F)cc21. The summed E-state index contributed by atoms with van der Waals surface area (Å²) in [5.74, 6) is 2.20. The summed E-state index contributed by atoms with van der Waals surface area (Å²) in [5.41, 5.74) is 1.54. The van der Waals surface area contributed by atoms with Crippen LogP contribution in [0.5, 0.6) is 0 Å². The summed E-state index contributed by atoms with van der Waals surface area (Å²) in [6, 6.07) is 6.05. The smallest absolute Gasteiger partial charge is 0.268 e. The van der Waals surface area contributed by atoms with Crippen LogP contribution in [0.4, 0.5) is 4.39 Å². The molecular weight excluding hydrogens is 252 g/mol. The highest BCUT2D eigenvalue weighted by atomic mass is 19.1. The predicted octanol–water partition coefficient (Wildman–Crippen LogP) is 3.13. The van der Waals surface area contributed by atoms with Gasteiger partial charge in [0.25, 0.3) is 6.71 Å². The minimum absolute atomic E-state index is 0.140. The van der Waals surface area contributed by atoms with Gasteiger partial charge in [0, 0.05) is 23.8 Å². The fourth-order valence-electron chi connectivity index (χ4n) is 3.20. The second-order valence-corrected chi connectivity index (χ2v) is 6.03. The van der Waals surface area contributed by atoms with Crippen molar-refractivity contribution < 1.29 is 4.39 Å². The first kappa shape index (κ1) is 13.2. The first-order valence-corrected chi connectivity index (χ1v) is 7.00. The van der Waals surface area contributed by atoms with Crippen molar-refractivity contribution in [1.82, 2.24) is 9.78 Å². The van der Waals surface area contributed by atoms with Crippen molar-refractivity contribution >= 4 is 17.6 Å². The quantitative estimate of drug-likeness (QED) is 0.746. The van der Waals surface area contributed by atoms with Gasteiger partial charge in [-0.25, -0.2) is 9.65 Å². The Balaban J connectivity index is 2.01. The Morgan fingerprint density at radius 3 is 3.05 bits per heavy atom. The first-order valence-electron chi connectivity index (χ1n) is 7.00. The van der Waals surface area contributed by atoms with Gasteiger partial charge in [0.15, 0.2) is 0 Å². The van der Waals surface area contributed by atoms with Gasteiger partial charge < -0.3 is 0 Å². The van der Waals surface area contributed by atoms with Gasteiger partial charge in [-0.05, 0) is 24.4 Å².